The molecule has 2 aromatic carbocycles. The molecule has 7 heteroatoms. The van der Waals surface area contributed by atoms with Crippen LogP contribution in [0.3, 0.4) is 0 Å². The fourth-order valence-corrected chi connectivity index (χ4v) is 3.48. The van der Waals surface area contributed by atoms with Gasteiger partial charge in [-0.25, -0.2) is 4.98 Å². The maximum Gasteiger partial charge on any atom is 0.177 e. The molecule has 0 atom stereocenters. The van der Waals surface area contributed by atoms with E-state index in [0.29, 0.717) is 0 Å². The van der Waals surface area contributed by atoms with Crippen LogP contribution in [0.1, 0.15) is 21.3 Å². The summed E-state index contributed by atoms with van der Waals surface area (Å²) in [6.07, 6.45) is 0. The summed E-state index contributed by atoms with van der Waals surface area (Å²) in [5.41, 5.74) is 4.54. The van der Waals surface area contributed by atoms with E-state index < -0.39 is 0 Å². The quantitative estimate of drug-likeness (QED) is 0.168. The Bertz CT molecular complexity index is 1030. The fourth-order valence-electron chi connectivity index (χ4n) is 2.56. The van der Waals surface area contributed by atoms with Crippen molar-refractivity contribution in [2.24, 2.45) is 14.1 Å². The van der Waals surface area contributed by atoms with Gasteiger partial charge in [0.15, 0.2) is 9.93 Å². The Labute approximate surface area is 192 Å². The molecule has 0 aliphatic carbocycles. The van der Waals surface area contributed by atoms with Gasteiger partial charge in [-0.2, -0.15) is 6.92 Å². The van der Waals surface area contributed by atoms with Crippen molar-refractivity contribution in [2.45, 2.75) is 26.4 Å². The zero-order valence-corrected chi connectivity index (χ0v) is 20.7. The van der Waals surface area contributed by atoms with Gasteiger partial charge in [0.1, 0.15) is 0 Å². The van der Waals surface area contributed by atoms with Gasteiger partial charge in [-0.3, -0.25) is 0 Å². The third-order valence-electron chi connectivity index (χ3n) is 3.83. The van der Waals surface area contributed by atoms with Gasteiger partial charge in [0, 0.05) is 35.2 Å². The zero-order chi connectivity index (χ0) is 19.1. The normalized spacial score (nSPS) is 9.46. The van der Waals surface area contributed by atoms with E-state index in [9.17, 15) is 0 Å². The summed E-state index contributed by atoms with van der Waals surface area (Å²) < 4.78 is 4.87. The second-order valence-corrected chi connectivity index (χ2v) is 7.00. The number of nitrogens with one attached hydrogen (secondary N) is 1. The number of H-pyrrole nitrogens is 1. The van der Waals surface area contributed by atoms with Crippen LogP contribution in [0, 0.1) is 11.7 Å². The molecule has 0 bridgehead atoms. The average Bonchev–Trinajstić information content (AvgIpc) is 3.15. The Morgan fingerprint density at radius 1 is 1.00 bits per heavy atom. The Morgan fingerprint density at radius 2 is 1.57 bits per heavy atom. The van der Waals surface area contributed by atoms with Crippen molar-refractivity contribution in [1.82, 2.24) is 19.1 Å². The number of imidazole rings is 2. The molecule has 0 aliphatic heterocycles. The number of fused-ring (bicyclic) bond motifs is 2. The second kappa shape index (κ2) is 13.0. The van der Waals surface area contributed by atoms with Crippen molar-refractivity contribution >= 4 is 46.0 Å². The first-order valence-electron chi connectivity index (χ1n) is 8.50. The van der Waals surface area contributed by atoms with E-state index in [-0.39, 0.29) is 28.5 Å². The molecule has 4 aromatic rings. The smallest absolute Gasteiger partial charge is 0.177 e. The average molecular weight is 585 g/mol. The number of para-hydroxylation sites is 4. The number of rotatable bonds is 2. The van der Waals surface area contributed by atoms with Crippen LogP contribution < -0.4 is 0 Å². The summed E-state index contributed by atoms with van der Waals surface area (Å²) in [6, 6.07) is 16.3. The summed E-state index contributed by atoms with van der Waals surface area (Å²) in [5.74, 6) is 1.07. The van der Waals surface area contributed by atoms with Gasteiger partial charge in [0.2, 0.25) is 0 Å². The van der Waals surface area contributed by atoms with Gasteiger partial charge in [-0.05, 0) is 42.2 Å². The van der Waals surface area contributed by atoms with E-state index in [2.05, 4.69) is 47.6 Å². The number of aromatic nitrogens is 4. The van der Waals surface area contributed by atoms with Crippen LogP contribution in [-0.2, 0) is 35.2 Å². The number of aromatic amines is 1. The molecule has 28 heavy (non-hydrogen) atoms. The molecule has 0 amide bonds. The number of nitrogens with zero attached hydrogens (tertiary/aromatic N) is 3. The number of aryl methyl sites for hydroxylation is 2. The van der Waals surface area contributed by atoms with Crippen molar-refractivity contribution < 1.29 is 21.1 Å². The van der Waals surface area contributed by atoms with Crippen LogP contribution in [0.4, 0.5) is 0 Å². The Morgan fingerprint density at radius 3 is 2.14 bits per heavy atom. The standard InChI is InChI=1S/C10H12N2S.C8H8N2S.C2H5.CH4.W/c1-3-13-10-11-8-6-4-5-7-9(8)12(10)2;1-10-7-5-3-2-4-6(7)9-8(10)11;1-2;;/h4-7H,3H2,1-2H3;2-5H,1H3,(H,9,11);1H2,2H3;1H4;/q;;-1;;. The van der Waals surface area contributed by atoms with Gasteiger partial charge in [0.25, 0.3) is 0 Å². The van der Waals surface area contributed by atoms with Crippen molar-refractivity contribution in [3.05, 3.63) is 60.2 Å². The summed E-state index contributed by atoms with van der Waals surface area (Å²) in [5, 5.41) is 1.10. The number of benzene rings is 2. The third kappa shape index (κ3) is 6.07. The molecule has 2 aromatic heterocycles. The first-order valence-corrected chi connectivity index (χ1v) is 9.90. The number of thioether (sulfide) groups is 1. The molecule has 0 spiro atoms. The van der Waals surface area contributed by atoms with Gasteiger partial charge in [0.05, 0.1) is 22.1 Å². The largest absolute Gasteiger partial charge is 0.346 e. The van der Waals surface area contributed by atoms with Crippen LogP contribution >= 0.6 is 24.0 Å². The Balaban J connectivity index is 0.000000453. The zero-order valence-electron chi connectivity index (χ0n) is 16.1. The third-order valence-corrected chi connectivity index (χ3v) is 5.12. The van der Waals surface area contributed by atoms with Crippen molar-refractivity contribution in [1.29, 1.82) is 0 Å². The molecule has 0 fully saturated rings. The van der Waals surface area contributed by atoms with Crippen LogP contribution in [0.15, 0.2) is 53.7 Å². The minimum atomic E-state index is 0. The summed E-state index contributed by atoms with van der Waals surface area (Å²) in [7, 11) is 4.02. The van der Waals surface area contributed by atoms with E-state index in [0.717, 1.165) is 32.2 Å². The van der Waals surface area contributed by atoms with E-state index in [1.807, 2.05) is 48.0 Å². The fraction of sp³-hybridized carbons (Fsp3) is 0.286. The van der Waals surface area contributed by atoms with Crippen LogP contribution in [0.2, 0.25) is 0 Å². The van der Waals surface area contributed by atoms with Gasteiger partial charge in [-0.15, -0.1) is 0 Å². The van der Waals surface area contributed by atoms with Gasteiger partial charge in [-0.1, -0.05) is 50.4 Å². The summed E-state index contributed by atoms with van der Waals surface area (Å²) in [4.78, 5) is 7.63. The molecule has 4 rings (SSSR count). The Kier molecular flexibility index (Phi) is 12.3. The molecule has 2 heterocycles. The molecule has 152 valence electrons. The van der Waals surface area contributed by atoms with E-state index in [4.69, 9.17) is 12.2 Å². The topological polar surface area (TPSA) is 38.5 Å². The van der Waals surface area contributed by atoms with Crippen LogP contribution in [0.5, 0.6) is 0 Å². The first-order chi connectivity index (χ1) is 12.6. The predicted molar refractivity (Wildman–Crippen MR) is 123 cm³/mol. The maximum atomic E-state index is 5.06. The maximum absolute atomic E-state index is 5.06. The molecular weight excluding hydrogens is 556 g/mol. The monoisotopic (exact) mass is 585 g/mol. The first kappa shape index (κ1) is 26.6. The number of hydrogen-bond donors (Lipinski definition) is 1. The summed E-state index contributed by atoms with van der Waals surface area (Å²) in [6.45, 7) is 7.14. The SMILES string of the molecule is C.CCSc1nc2ccccc2n1C.Cn1c(=S)[nH]c2ccccc21.[CH2-]C.[W]. The molecule has 4 nitrogen and oxygen atoms in total. The molecular formula is C21H29N4S2W-. The molecule has 0 unspecified atom stereocenters. The summed E-state index contributed by atoms with van der Waals surface area (Å²) >= 11 is 6.84. The second-order valence-electron chi connectivity index (χ2n) is 5.38. The van der Waals surface area contributed by atoms with Crippen molar-refractivity contribution in [2.75, 3.05) is 5.75 Å². The minimum Gasteiger partial charge on any atom is -0.346 e. The van der Waals surface area contributed by atoms with Crippen molar-refractivity contribution in [3.8, 4) is 0 Å². The van der Waals surface area contributed by atoms with E-state index in [1.165, 1.54) is 5.52 Å². The van der Waals surface area contributed by atoms with Crippen LogP contribution in [-0.4, -0.2) is 24.9 Å². The van der Waals surface area contributed by atoms with E-state index >= 15 is 0 Å². The Hall–Kier alpha value is -1.36. The molecule has 1 N–H and O–H groups in total. The molecule has 0 radical (unpaired) electrons. The van der Waals surface area contributed by atoms with Gasteiger partial charge >= 0.3 is 0 Å². The van der Waals surface area contributed by atoms with Crippen LogP contribution in [0.25, 0.3) is 22.1 Å². The number of hydrogen-bond acceptors (Lipinski definition) is 3. The predicted octanol–water partition coefficient (Wildman–Crippen LogP) is 6.40. The van der Waals surface area contributed by atoms with Crippen molar-refractivity contribution in [3.63, 3.8) is 0 Å². The molecule has 0 aliphatic rings. The van der Waals surface area contributed by atoms with E-state index in [1.54, 1.807) is 18.7 Å². The molecule has 0 saturated heterocycles. The van der Waals surface area contributed by atoms with Gasteiger partial charge < -0.3 is 21.0 Å². The molecule has 0 saturated carbocycles. The minimum absolute atomic E-state index is 0.